The Balaban J connectivity index is 2.23. The van der Waals surface area contributed by atoms with Gasteiger partial charge in [0.05, 0.1) is 6.54 Å². The second-order valence-corrected chi connectivity index (χ2v) is 6.22. The van der Waals surface area contributed by atoms with E-state index in [4.69, 9.17) is 0 Å². The van der Waals surface area contributed by atoms with Crippen molar-refractivity contribution in [2.45, 2.75) is 65.5 Å². The lowest BCUT2D eigenvalue weighted by molar-refractivity contribution is -0.123. The highest BCUT2D eigenvalue weighted by molar-refractivity contribution is 5.78. The molecule has 0 spiro atoms. The third kappa shape index (κ3) is 6.23. The smallest absolute Gasteiger partial charge is 0.234 e. The molecule has 0 aromatic rings. The molecule has 1 fully saturated rings. The SMILES string of the molecule is CCCC(C)NC(=O)CN1CCC(C(C)NCC)CC1. The molecule has 2 atom stereocenters. The molecule has 2 unspecified atom stereocenters. The molecule has 0 aromatic carbocycles. The van der Waals surface area contributed by atoms with Gasteiger partial charge in [0.25, 0.3) is 0 Å². The van der Waals surface area contributed by atoms with Gasteiger partial charge >= 0.3 is 0 Å². The van der Waals surface area contributed by atoms with Gasteiger partial charge in [0, 0.05) is 12.1 Å². The third-order valence-corrected chi connectivity index (χ3v) is 4.36. The van der Waals surface area contributed by atoms with Crippen molar-refractivity contribution >= 4 is 5.91 Å². The van der Waals surface area contributed by atoms with Crippen molar-refractivity contribution < 1.29 is 4.79 Å². The Kier molecular flexibility index (Phi) is 8.15. The summed E-state index contributed by atoms with van der Waals surface area (Å²) in [6.07, 6.45) is 4.58. The van der Waals surface area contributed by atoms with Gasteiger partial charge in [-0.3, -0.25) is 9.69 Å². The monoisotopic (exact) mass is 283 g/mol. The minimum absolute atomic E-state index is 0.184. The van der Waals surface area contributed by atoms with Crippen LogP contribution in [0.1, 0.15) is 53.4 Å². The Morgan fingerprint density at radius 1 is 1.25 bits per heavy atom. The lowest BCUT2D eigenvalue weighted by atomic mass is 9.90. The van der Waals surface area contributed by atoms with Gasteiger partial charge < -0.3 is 10.6 Å². The summed E-state index contributed by atoms with van der Waals surface area (Å²) in [4.78, 5) is 14.2. The van der Waals surface area contributed by atoms with Crippen LogP contribution in [0.4, 0.5) is 0 Å². The van der Waals surface area contributed by atoms with E-state index >= 15 is 0 Å². The maximum atomic E-state index is 11.9. The Hall–Kier alpha value is -0.610. The standard InChI is InChI=1S/C16H33N3O/c1-5-7-13(3)18-16(20)12-19-10-8-15(9-11-19)14(4)17-6-2/h13-15,17H,5-12H2,1-4H3,(H,18,20). The molecular formula is C16H33N3O. The van der Waals surface area contributed by atoms with Crippen molar-refractivity contribution in [2.24, 2.45) is 5.92 Å². The van der Waals surface area contributed by atoms with E-state index in [1.165, 1.54) is 12.8 Å². The van der Waals surface area contributed by atoms with E-state index in [2.05, 4.69) is 43.2 Å². The zero-order valence-electron chi connectivity index (χ0n) is 13.7. The molecule has 1 aliphatic heterocycles. The van der Waals surface area contributed by atoms with Crippen LogP contribution in [0.25, 0.3) is 0 Å². The minimum atomic E-state index is 0.184. The van der Waals surface area contributed by atoms with Crippen LogP contribution in [0, 0.1) is 5.92 Å². The summed E-state index contributed by atoms with van der Waals surface area (Å²) >= 11 is 0. The first kappa shape index (κ1) is 17.4. The molecule has 1 saturated heterocycles. The highest BCUT2D eigenvalue weighted by Crippen LogP contribution is 2.20. The third-order valence-electron chi connectivity index (χ3n) is 4.36. The number of piperidine rings is 1. The Labute approximate surface area is 124 Å². The molecule has 20 heavy (non-hydrogen) atoms. The van der Waals surface area contributed by atoms with Gasteiger partial charge in [0.1, 0.15) is 0 Å². The molecule has 1 rings (SSSR count). The molecule has 2 N–H and O–H groups in total. The molecule has 118 valence electrons. The van der Waals surface area contributed by atoms with Gasteiger partial charge in [0.2, 0.25) is 5.91 Å². The summed E-state index contributed by atoms with van der Waals surface area (Å²) < 4.78 is 0. The Morgan fingerprint density at radius 3 is 2.45 bits per heavy atom. The summed E-state index contributed by atoms with van der Waals surface area (Å²) in [7, 11) is 0. The van der Waals surface area contributed by atoms with Gasteiger partial charge in [-0.25, -0.2) is 0 Å². The maximum absolute atomic E-state index is 11.9. The van der Waals surface area contributed by atoms with Crippen molar-refractivity contribution in [1.29, 1.82) is 0 Å². The van der Waals surface area contributed by atoms with Crippen LogP contribution >= 0.6 is 0 Å². The molecule has 4 nitrogen and oxygen atoms in total. The van der Waals surface area contributed by atoms with E-state index in [0.29, 0.717) is 18.6 Å². The summed E-state index contributed by atoms with van der Waals surface area (Å²) in [5.74, 6) is 0.942. The highest BCUT2D eigenvalue weighted by atomic mass is 16.2. The number of amides is 1. The van der Waals surface area contributed by atoms with Crippen LogP contribution in [0.5, 0.6) is 0 Å². The van der Waals surface area contributed by atoms with Gasteiger partial charge in [-0.05, 0) is 58.7 Å². The fraction of sp³-hybridized carbons (Fsp3) is 0.938. The van der Waals surface area contributed by atoms with Crippen LogP contribution in [0.3, 0.4) is 0 Å². The number of likely N-dealkylation sites (tertiary alicyclic amines) is 1. The largest absolute Gasteiger partial charge is 0.353 e. The van der Waals surface area contributed by atoms with Gasteiger partial charge in [-0.1, -0.05) is 20.3 Å². The molecule has 0 bridgehead atoms. The second kappa shape index (κ2) is 9.35. The zero-order valence-corrected chi connectivity index (χ0v) is 13.7. The lowest BCUT2D eigenvalue weighted by Gasteiger charge is -2.34. The van der Waals surface area contributed by atoms with E-state index in [1.54, 1.807) is 0 Å². The predicted octanol–water partition coefficient (Wildman–Crippen LogP) is 2.00. The van der Waals surface area contributed by atoms with Crippen molar-refractivity contribution in [3.05, 3.63) is 0 Å². The fourth-order valence-corrected chi connectivity index (χ4v) is 3.13. The average molecular weight is 283 g/mol. The molecular weight excluding hydrogens is 250 g/mol. The topological polar surface area (TPSA) is 44.4 Å². The Morgan fingerprint density at radius 2 is 1.90 bits per heavy atom. The van der Waals surface area contributed by atoms with E-state index < -0.39 is 0 Å². The molecule has 1 amide bonds. The van der Waals surface area contributed by atoms with Crippen molar-refractivity contribution in [2.75, 3.05) is 26.2 Å². The number of nitrogens with zero attached hydrogens (tertiary/aromatic N) is 1. The summed E-state index contributed by atoms with van der Waals surface area (Å²) in [5, 5.41) is 6.60. The van der Waals surface area contributed by atoms with Gasteiger partial charge in [-0.15, -0.1) is 0 Å². The van der Waals surface area contributed by atoms with E-state index in [-0.39, 0.29) is 5.91 Å². The van der Waals surface area contributed by atoms with Crippen LogP contribution in [-0.4, -0.2) is 49.1 Å². The summed E-state index contributed by atoms with van der Waals surface area (Å²) in [6.45, 7) is 12.4. The van der Waals surface area contributed by atoms with Crippen LogP contribution in [-0.2, 0) is 4.79 Å². The predicted molar refractivity (Wildman–Crippen MR) is 84.8 cm³/mol. The van der Waals surface area contributed by atoms with E-state index in [9.17, 15) is 4.79 Å². The van der Waals surface area contributed by atoms with E-state index in [0.717, 1.165) is 38.4 Å². The van der Waals surface area contributed by atoms with E-state index in [1.807, 2.05) is 0 Å². The number of hydrogen-bond acceptors (Lipinski definition) is 3. The number of carbonyl (C=O) groups excluding carboxylic acids is 1. The molecule has 0 aromatic heterocycles. The molecule has 0 radical (unpaired) electrons. The van der Waals surface area contributed by atoms with Crippen LogP contribution in [0.15, 0.2) is 0 Å². The fourth-order valence-electron chi connectivity index (χ4n) is 3.13. The normalized spacial score (nSPS) is 20.6. The molecule has 0 saturated carbocycles. The number of carbonyl (C=O) groups is 1. The first-order valence-corrected chi connectivity index (χ1v) is 8.31. The van der Waals surface area contributed by atoms with Crippen LogP contribution in [0.2, 0.25) is 0 Å². The highest BCUT2D eigenvalue weighted by Gasteiger charge is 2.24. The van der Waals surface area contributed by atoms with Gasteiger partial charge in [0.15, 0.2) is 0 Å². The molecule has 1 aliphatic rings. The lowest BCUT2D eigenvalue weighted by Crippen LogP contribution is -2.46. The maximum Gasteiger partial charge on any atom is 0.234 e. The van der Waals surface area contributed by atoms with Crippen LogP contribution < -0.4 is 10.6 Å². The minimum Gasteiger partial charge on any atom is -0.353 e. The molecule has 4 heteroatoms. The van der Waals surface area contributed by atoms with Gasteiger partial charge in [-0.2, -0.15) is 0 Å². The summed E-state index contributed by atoms with van der Waals surface area (Å²) in [5.41, 5.74) is 0. The molecule has 0 aliphatic carbocycles. The number of rotatable bonds is 8. The number of hydrogen-bond donors (Lipinski definition) is 2. The quantitative estimate of drug-likeness (QED) is 0.716. The zero-order chi connectivity index (χ0) is 15.0. The number of nitrogens with one attached hydrogen (secondary N) is 2. The van der Waals surface area contributed by atoms with Crippen molar-refractivity contribution in [1.82, 2.24) is 15.5 Å². The molecule has 1 heterocycles. The summed E-state index contributed by atoms with van der Waals surface area (Å²) in [6, 6.07) is 0.902. The second-order valence-electron chi connectivity index (χ2n) is 6.22. The van der Waals surface area contributed by atoms with Crippen molar-refractivity contribution in [3.63, 3.8) is 0 Å². The average Bonchev–Trinajstić information content (AvgIpc) is 2.39. The van der Waals surface area contributed by atoms with Crippen molar-refractivity contribution in [3.8, 4) is 0 Å². The Bertz CT molecular complexity index is 275. The first-order chi connectivity index (χ1) is 9.56. The first-order valence-electron chi connectivity index (χ1n) is 8.31.